The summed E-state index contributed by atoms with van der Waals surface area (Å²) in [5, 5.41) is 5.52. The third-order valence-corrected chi connectivity index (χ3v) is 6.25. The first-order chi connectivity index (χ1) is 16.4. The molecule has 0 spiro atoms. The largest absolute Gasteiger partial charge is 0.378 e. The number of nitrogens with one attached hydrogen (secondary N) is 2. The van der Waals surface area contributed by atoms with E-state index in [1.807, 2.05) is 19.1 Å². The van der Waals surface area contributed by atoms with Gasteiger partial charge in [0.05, 0.1) is 13.2 Å². The van der Waals surface area contributed by atoms with E-state index in [0.717, 1.165) is 30.1 Å². The lowest BCUT2D eigenvalue weighted by Crippen LogP contribution is -2.44. The Morgan fingerprint density at radius 1 is 1.09 bits per heavy atom. The highest BCUT2D eigenvalue weighted by Crippen LogP contribution is 2.34. The van der Waals surface area contributed by atoms with Gasteiger partial charge >= 0.3 is 6.03 Å². The summed E-state index contributed by atoms with van der Waals surface area (Å²) in [4.78, 5) is 41.9. The number of rotatable bonds is 8. The van der Waals surface area contributed by atoms with Crippen LogP contribution in [0.1, 0.15) is 31.7 Å². The minimum absolute atomic E-state index is 0.362. The highest BCUT2D eigenvalue weighted by atomic mass is 19.1. The van der Waals surface area contributed by atoms with E-state index in [0.29, 0.717) is 37.3 Å². The van der Waals surface area contributed by atoms with E-state index in [2.05, 4.69) is 15.5 Å². The van der Waals surface area contributed by atoms with Gasteiger partial charge in [-0.1, -0.05) is 31.9 Å². The van der Waals surface area contributed by atoms with Crippen LogP contribution in [0.3, 0.4) is 0 Å². The van der Waals surface area contributed by atoms with Gasteiger partial charge in [0.2, 0.25) is 5.91 Å². The second-order valence-electron chi connectivity index (χ2n) is 8.53. The topological polar surface area (TPSA) is 91.0 Å². The van der Waals surface area contributed by atoms with Crippen molar-refractivity contribution in [1.29, 1.82) is 0 Å². The van der Waals surface area contributed by atoms with Crippen molar-refractivity contribution in [3.8, 4) is 0 Å². The molecule has 4 rings (SSSR count). The lowest BCUT2D eigenvalue weighted by Gasteiger charge is -2.29. The van der Waals surface area contributed by atoms with Crippen molar-refractivity contribution in [2.45, 2.75) is 31.7 Å². The Labute approximate surface area is 198 Å². The number of hydrogen-bond donors (Lipinski definition) is 2. The third-order valence-electron chi connectivity index (χ3n) is 6.25. The van der Waals surface area contributed by atoms with Gasteiger partial charge in [0.15, 0.2) is 0 Å². The van der Waals surface area contributed by atoms with E-state index in [9.17, 15) is 18.8 Å². The van der Waals surface area contributed by atoms with Crippen molar-refractivity contribution >= 4 is 29.2 Å². The van der Waals surface area contributed by atoms with E-state index >= 15 is 0 Å². The molecule has 2 aromatic carbocycles. The van der Waals surface area contributed by atoms with Crippen LogP contribution in [0.5, 0.6) is 0 Å². The van der Waals surface area contributed by atoms with Gasteiger partial charge in [-0.05, 0) is 48.4 Å². The number of carbonyl (C=O) groups excluding carboxylic acids is 3. The van der Waals surface area contributed by atoms with Crippen LogP contribution in [-0.4, -0.2) is 55.6 Å². The maximum atomic E-state index is 13.5. The summed E-state index contributed by atoms with van der Waals surface area (Å²) < 4.78 is 18.8. The van der Waals surface area contributed by atoms with Gasteiger partial charge in [0.25, 0.3) is 5.91 Å². The molecular formula is C25H29FN4O4. The first-order valence-corrected chi connectivity index (χ1v) is 11.6. The standard InChI is InChI=1S/C25H29FN4O4/c1-2-3-12-25(18-4-6-19(26)7-5-18)23(32)30(24(33)28-25)17-22(31)27-20-8-10-21(11-9-20)29-13-15-34-16-14-29/h4-11H,2-3,12-17H2,1H3,(H,27,31)(H,28,33)/t25-/m1/s1. The maximum Gasteiger partial charge on any atom is 0.325 e. The van der Waals surface area contributed by atoms with Gasteiger partial charge in [-0.25, -0.2) is 9.18 Å². The second-order valence-corrected chi connectivity index (χ2v) is 8.53. The minimum Gasteiger partial charge on any atom is -0.378 e. The van der Waals surface area contributed by atoms with E-state index in [4.69, 9.17) is 4.74 Å². The van der Waals surface area contributed by atoms with Gasteiger partial charge in [0.1, 0.15) is 17.9 Å². The number of hydrogen-bond acceptors (Lipinski definition) is 5. The number of ether oxygens (including phenoxy) is 1. The molecule has 34 heavy (non-hydrogen) atoms. The molecule has 0 bridgehead atoms. The van der Waals surface area contributed by atoms with Crippen LogP contribution in [-0.2, 0) is 19.9 Å². The summed E-state index contributed by atoms with van der Waals surface area (Å²) in [6, 6.07) is 12.3. The maximum absolute atomic E-state index is 13.5. The molecule has 2 heterocycles. The molecule has 2 fully saturated rings. The van der Waals surface area contributed by atoms with Crippen LogP contribution < -0.4 is 15.5 Å². The van der Waals surface area contributed by atoms with Crippen molar-refractivity contribution in [3.05, 3.63) is 59.9 Å². The van der Waals surface area contributed by atoms with Gasteiger partial charge in [-0.2, -0.15) is 0 Å². The third kappa shape index (κ3) is 4.89. The molecule has 0 radical (unpaired) electrons. The number of nitrogens with zero attached hydrogens (tertiary/aromatic N) is 2. The molecule has 2 aliphatic rings. The highest BCUT2D eigenvalue weighted by molar-refractivity contribution is 6.10. The lowest BCUT2D eigenvalue weighted by atomic mass is 9.85. The summed E-state index contributed by atoms with van der Waals surface area (Å²) in [6.07, 6.45) is 1.85. The van der Waals surface area contributed by atoms with E-state index in [-0.39, 0.29) is 0 Å². The first kappa shape index (κ1) is 23.7. The average Bonchev–Trinajstić information content (AvgIpc) is 3.09. The van der Waals surface area contributed by atoms with Crippen molar-refractivity contribution in [3.63, 3.8) is 0 Å². The Morgan fingerprint density at radius 2 is 1.76 bits per heavy atom. The van der Waals surface area contributed by atoms with Crippen LogP contribution in [0, 0.1) is 5.82 Å². The fourth-order valence-corrected chi connectivity index (χ4v) is 4.38. The Kier molecular flexibility index (Phi) is 7.12. The first-order valence-electron chi connectivity index (χ1n) is 11.6. The Hall–Kier alpha value is -3.46. The zero-order valence-electron chi connectivity index (χ0n) is 19.2. The zero-order valence-corrected chi connectivity index (χ0v) is 19.2. The molecule has 180 valence electrons. The van der Waals surface area contributed by atoms with Crippen molar-refractivity contribution < 1.29 is 23.5 Å². The van der Waals surface area contributed by atoms with E-state index in [1.165, 1.54) is 24.3 Å². The van der Waals surface area contributed by atoms with Crippen LogP contribution >= 0.6 is 0 Å². The van der Waals surface area contributed by atoms with Gasteiger partial charge in [-0.15, -0.1) is 0 Å². The molecule has 4 amide bonds. The van der Waals surface area contributed by atoms with Crippen LogP contribution in [0.15, 0.2) is 48.5 Å². The fourth-order valence-electron chi connectivity index (χ4n) is 4.38. The van der Waals surface area contributed by atoms with Gasteiger partial charge in [-0.3, -0.25) is 14.5 Å². The predicted molar refractivity (Wildman–Crippen MR) is 126 cm³/mol. The number of carbonyl (C=O) groups is 3. The van der Waals surface area contributed by atoms with Crippen LogP contribution in [0.25, 0.3) is 0 Å². The van der Waals surface area contributed by atoms with Crippen molar-refractivity contribution in [1.82, 2.24) is 10.2 Å². The number of unbranched alkanes of at least 4 members (excludes halogenated alkanes) is 1. The molecular weight excluding hydrogens is 439 g/mol. The molecule has 8 nitrogen and oxygen atoms in total. The number of benzene rings is 2. The monoisotopic (exact) mass is 468 g/mol. The van der Waals surface area contributed by atoms with Crippen molar-refractivity contribution in [2.24, 2.45) is 0 Å². The quantitative estimate of drug-likeness (QED) is 0.581. The molecule has 9 heteroatoms. The van der Waals surface area contributed by atoms with E-state index in [1.54, 1.807) is 12.1 Å². The number of morpholine rings is 1. The number of imide groups is 1. The summed E-state index contributed by atoms with van der Waals surface area (Å²) in [7, 11) is 0. The average molecular weight is 469 g/mol. The van der Waals surface area contributed by atoms with Crippen molar-refractivity contribution in [2.75, 3.05) is 43.1 Å². The summed E-state index contributed by atoms with van der Waals surface area (Å²) >= 11 is 0. The normalized spacial score (nSPS) is 20.4. The van der Waals surface area contributed by atoms with Gasteiger partial charge < -0.3 is 20.3 Å². The number of urea groups is 1. The molecule has 0 aliphatic carbocycles. The highest BCUT2D eigenvalue weighted by Gasteiger charge is 2.52. The van der Waals surface area contributed by atoms with Crippen LogP contribution in [0.2, 0.25) is 0 Å². The van der Waals surface area contributed by atoms with E-state index < -0.39 is 35.7 Å². The number of halogens is 1. The smallest absolute Gasteiger partial charge is 0.325 e. The molecule has 0 saturated carbocycles. The Bertz CT molecular complexity index is 1040. The molecule has 2 N–H and O–H groups in total. The summed E-state index contributed by atoms with van der Waals surface area (Å²) in [5.74, 6) is -1.41. The fraction of sp³-hybridized carbons (Fsp3) is 0.400. The molecule has 2 aromatic rings. The SMILES string of the molecule is CCCC[C@]1(c2ccc(F)cc2)NC(=O)N(CC(=O)Nc2ccc(N3CCOCC3)cc2)C1=O. The molecule has 1 atom stereocenters. The predicted octanol–water partition coefficient (Wildman–Crippen LogP) is 3.24. The molecule has 2 aliphatic heterocycles. The van der Waals surface area contributed by atoms with Crippen LogP contribution in [0.4, 0.5) is 20.6 Å². The second kappa shape index (κ2) is 10.2. The minimum atomic E-state index is -1.30. The molecule has 0 unspecified atom stereocenters. The zero-order chi connectivity index (χ0) is 24.1. The molecule has 0 aromatic heterocycles. The Morgan fingerprint density at radius 3 is 2.41 bits per heavy atom. The number of anilines is 2. The summed E-state index contributed by atoms with van der Waals surface area (Å²) in [5.41, 5.74) is 0.809. The number of amides is 4. The molecule has 2 saturated heterocycles. The lowest BCUT2D eigenvalue weighted by molar-refractivity contribution is -0.134. The van der Waals surface area contributed by atoms with Gasteiger partial charge in [0, 0.05) is 24.5 Å². The Balaban J connectivity index is 1.44. The summed E-state index contributed by atoms with van der Waals surface area (Å²) in [6.45, 7) is 4.56.